The van der Waals surface area contributed by atoms with Crippen LogP contribution in [0.5, 0.6) is 0 Å². The van der Waals surface area contributed by atoms with E-state index in [2.05, 4.69) is 12.2 Å². The summed E-state index contributed by atoms with van der Waals surface area (Å²) in [6.07, 6.45) is 6.63. The summed E-state index contributed by atoms with van der Waals surface area (Å²) in [6, 6.07) is 0. The average Bonchev–Trinajstić information content (AvgIpc) is 2.29. The van der Waals surface area contributed by atoms with Crippen molar-refractivity contribution >= 4 is 9.84 Å². The van der Waals surface area contributed by atoms with Crippen molar-refractivity contribution in [3.8, 4) is 0 Å². The van der Waals surface area contributed by atoms with Crippen LogP contribution in [0.1, 0.15) is 59.8 Å². The Kier molecular flexibility index (Phi) is 6.31. The zero-order valence-electron chi connectivity index (χ0n) is 13.0. The fourth-order valence-corrected chi connectivity index (χ4v) is 3.59. The molecule has 0 aromatic heterocycles. The molecule has 0 saturated heterocycles. The minimum atomic E-state index is -2.97. The van der Waals surface area contributed by atoms with Crippen LogP contribution in [0.25, 0.3) is 0 Å². The molecule has 1 rings (SSSR count). The van der Waals surface area contributed by atoms with Crippen LogP contribution in [-0.2, 0) is 9.84 Å². The predicted octanol–water partition coefficient (Wildman–Crippen LogP) is 3.01. The first kappa shape index (κ1) is 17.0. The van der Waals surface area contributed by atoms with Gasteiger partial charge >= 0.3 is 0 Å². The molecule has 0 atom stereocenters. The highest BCUT2D eigenvalue weighted by atomic mass is 32.2. The van der Waals surface area contributed by atoms with E-state index in [-0.39, 0.29) is 5.75 Å². The van der Waals surface area contributed by atoms with Gasteiger partial charge in [0.15, 0.2) is 9.84 Å². The van der Waals surface area contributed by atoms with Gasteiger partial charge in [0, 0.05) is 6.54 Å². The lowest BCUT2D eigenvalue weighted by Gasteiger charge is -2.26. The zero-order chi connectivity index (χ0) is 14.5. The summed E-state index contributed by atoms with van der Waals surface area (Å²) >= 11 is 0. The fourth-order valence-electron chi connectivity index (χ4n) is 2.56. The molecule has 1 fully saturated rings. The molecule has 0 spiro atoms. The molecular formula is C15H31NO2S. The summed E-state index contributed by atoms with van der Waals surface area (Å²) in [5.41, 5.74) is 0. The van der Waals surface area contributed by atoms with Gasteiger partial charge in [0.25, 0.3) is 0 Å². The molecule has 0 aliphatic heterocycles. The summed E-state index contributed by atoms with van der Waals surface area (Å²) in [5.74, 6) is 2.00. The monoisotopic (exact) mass is 289 g/mol. The van der Waals surface area contributed by atoms with E-state index in [0.717, 1.165) is 18.4 Å². The van der Waals surface area contributed by atoms with Gasteiger partial charge in [0.1, 0.15) is 0 Å². The first-order chi connectivity index (χ1) is 8.72. The van der Waals surface area contributed by atoms with E-state index in [9.17, 15) is 8.42 Å². The second kappa shape index (κ2) is 7.07. The molecule has 19 heavy (non-hydrogen) atoms. The first-order valence-corrected chi connectivity index (χ1v) is 9.30. The van der Waals surface area contributed by atoms with Gasteiger partial charge in [-0.1, -0.05) is 32.6 Å². The lowest BCUT2D eigenvalue weighted by Crippen LogP contribution is -2.35. The van der Waals surface area contributed by atoms with Gasteiger partial charge in [-0.05, 0) is 45.6 Å². The SMILES string of the molecule is CC1CCC(CCNCCS(=O)(=O)C(C)(C)C)CC1. The maximum atomic E-state index is 11.9. The zero-order valence-corrected chi connectivity index (χ0v) is 13.9. The minimum absolute atomic E-state index is 0.248. The van der Waals surface area contributed by atoms with Gasteiger partial charge in [0.05, 0.1) is 10.5 Å². The molecule has 0 aromatic carbocycles. The van der Waals surface area contributed by atoms with E-state index in [0.29, 0.717) is 6.54 Å². The highest BCUT2D eigenvalue weighted by Crippen LogP contribution is 2.29. The second-order valence-corrected chi connectivity index (χ2v) is 9.96. The Bertz CT molecular complexity index is 349. The average molecular weight is 289 g/mol. The molecule has 0 bridgehead atoms. The van der Waals surface area contributed by atoms with Gasteiger partial charge in [0.2, 0.25) is 0 Å². The smallest absolute Gasteiger partial charge is 0.156 e. The third kappa shape index (κ3) is 5.82. The highest BCUT2D eigenvalue weighted by Gasteiger charge is 2.28. The normalized spacial score (nSPS) is 25.5. The first-order valence-electron chi connectivity index (χ1n) is 7.65. The van der Waals surface area contributed by atoms with E-state index in [1.807, 2.05) is 0 Å². The van der Waals surface area contributed by atoms with E-state index in [1.54, 1.807) is 20.8 Å². The van der Waals surface area contributed by atoms with Crippen LogP contribution in [0, 0.1) is 11.8 Å². The Morgan fingerprint density at radius 1 is 1.05 bits per heavy atom. The second-order valence-electron chi connectivity index (χ2n) is 7.10. The quantitative estimate of drug-likeness (QED) is 0.765. The van der Waals surface area contributed by atoms with E-state index < -0.39 is 14.6 Å². The molecule has 0 unspecified atom stereocenters. The number of sulfone groups is 1. The third-order valence-corrected chi connectivity index (χ3v) is 6.95. The molecule has 0 radical (unpaired) electrons. The van der Waals surface area contributed by atoms with Crippen LogP contribution >= 0.6 is 0 Å². The number of hydrogen-bond donors (Lipinski definition) is 1. The molecule has 1 aliphatic rings. The molecule has 1 aliphatic carbocycles. The van der Waals surface area contributed by atoms with Crippen LogP contribution < -0.4 is 5.32 Å². The largest absolute Gasteiger partial charge is 0.316 e. The van der Waals surface area contributed by atoms with Gasteiger partial charge in [-0.2, -0.15) is 0 Å². The third-order valence-electron chi connectivity index (χ3n) is 4.35. The van der Waals surface area contributed by atoms with Crippen molar-refractivity contribution in [3.05, 3.63) is 0 Å². The molecule has 0 amide bonds. The Balaban J connectivity index is 2.12. The summed E-state index contributed by atoms with van der Waals surface area (Å²) in [5, 5.41) is 3.29. The lowest BCUT2D eigenvalue weighted by molar-refractivity contribution is 0.276. The molecule has 114 valence electrons. The Labute approximate surface area is 119 Å². The number of rotatable bonds is 6. The van der Waals surface area contributed by atoms with E-state index >= 15 is 0 Å². The van der Waals surface area contributed by atoms with Crippen LogP contribution in [-0.4, -0.2) is 32.0 Å². The fraction of sp³-hybridized carbons (Fsp3) is 1.00. The lowest BCUT2D eigenvalue weighted by atomic mass is 9.81. The summed E-state index contributed by atoms with van der Waals surface area (Å²) in [4.78, 5) is 0. The molecule has 3 nitrogen and oxygen atoms in total. The van der Waals surface area contributed by atoms with Crippen molar-refractivity contribution in [2.24, 2.45) is 11.8 Å². The minimum Gasteiger partial charge on any atom is -0.316 e. The maximum absolute atomic E-state index is 11.9. The van der Waals surface area contributed by atoms with Crippen LogP contribution in [0.4, 0.5) is 0 Å². The van der Waals surface area contributed by atoms with Crippen LogP contribution in [0.2, 0.25) is 0 Å². The van der Waals surface area contributed by atoms with Crippen molar-refractivity contribution in [1.82, 2.24) is 5.32 Å². The van der Waals surface area contributed by atoms with Crippen molar-refractivity contribution in [2.75, 3.05) is 18.8 Å². The topological polar surface area (TPSA) is 46.2 Å². The molecule has 1 N–H and O–H groups in total. The van der Waals surface area contributed by atoms with Gasteiger partial charge in [-0.15, -0.1) is 0 Å². The van der Waals surface area contributed by atoms with Crippen LogP contribution in [0.3, 0.4) is 0 Å². The van der Waals surface area contributed by atoms with Gasteiger partial charge in [-0.25, -0.2) is 8.42 Å². The Morgan fingerprint density at radius 3 is 2.16 bits per heavy atom. The van der Waals surface area contributed by atoms with Crippen molar-refractivity contribution in [2.45, 2.75) is 64.5 Å². The number of hydrogen-bond acceptors (Lipinski definition) is 3. The molecular weight excluding hydrogens is 258 g/mol. The molecule has 1 saturated carbocycles. The predicted molar refractivity (Wildman–Crippen MR) is 82.1 cm³/mol. The summed E-state index contributed by atoms with van der Waals surface area (Å²) in [6.45, 7) is 9.19. The summed E-state index contributed by atoms with van der Waals surface area (Å²) in [7, 11) is -2.97. The van der Waals surface area contributed by atoms with E-state index in [1.165, 1.54) is 32.1 Å². The standard InChI is InChI=1S/C15H31NO2S/c1-13-5-7-14(8-6-13)9-10-16-11-12-19(17,18)15(2,3)4/h13-14,16H,5-12H2,1-4H3. The maximum Gasteiger partial charge on any atom is 0.156 e. The van der Waals surface area contributed by atoms with E-state index in [4.69, 9.17) is 0 Å². The summed E-state index contributed by atoms with van der Waals surface area (Å²) < 4.78 is 23.2. The van der Waals surface area contributed by atoms with Gasteiger partial charge in [-0.3, -0.25) is 0 Å². The Hall–Kier alpha value is -0.0900. The highest BCUT2D eigenvalue weighted by molar-refractivity contribution is 7.92. The number of nitrogens with one attached hydrogen (secondary N) is 1. The van der Waals surface area contributed by atoms with Crippen LogP contribution in [0.15, 0.2) is 0 Å². The molecule has 4 heteroatoms. The van der Waals surface area contributed by atoms with Gasteiger partial charge < -0.3 is 5.32 Å². The molecule has 0 heterocycles. The Morgan fingerprint density at radius 2 is 1.63 bits per heavy atom. The van der Waals surface area contributed by atoms with Crippen molar-refractivity contribution in [1.29, 1.82) is 0 Å². The molecule has 0 aromatic rings. The van der Waals surface area contributed by atoms with Crippen molar-refractivity contribution < 1.29 is 8.42 Å². The van der Waals surface area contributed by atoms with Crippen molar-refractivity contribution in [3.63, 3.8) is 0 Å².